The summed E-state index contributed by atoms with van der Waals surface area (Å²) in [4.78, 5) is 11.8. The van der Waals surface area contributed by atoms with Gasteiger partial charge in [-0.1, -0.05) is 13.8 Å². The first-order valence-electron chi connectivity index (χ1n) is 6.10. The second-order valence-electron chi connectivity index (χ2n) is 5.08. The monoisotopic (exact) mass is 264 g/mol. The van der Waals surface area contributed by atoms with Gasteiger partial charge < -0.3 is 15.8 Å². The van der Waals surface area contributed by atoms with Gasteiger partial charge in [0.15, 0.2) is 0 Å². The van der Waals surface area contributed by atoms with E-state index in [1.54, 1.807) is 0 Å². The summed E-state index contributed by atoms with van der Waals surface area (Å²) in [6.07, 6.45) is 2.89. The third-order valence-electron chi connectivity index (χ3n) is 3.32. The average Bonchev–Trinajstić information content (AvgIpc) is 2.17. The zero-order valence-corrected chi connectivity index (χ0v) is 11.8. The van der Waals surface area contributed by atoms with Crippen LogP contribution in [0.2, 0.25) is 0 Å². The molecule has 0 radical (unpaired) electrons. The van der Waals surface area contributed by atoms with E-state index < -0.39 is 6.10 Å². The number of ether oxygens (including phenoxy) is 1. The van der Waals surface area contributed by atoms with Crippen LogP contribution < -0.4 is 11.1 Å². The Kier molecular flexibility index (Phi) is 7.75. The number of carbonyl (C=O) groups excluding carboxylic acids is 1. The Morgan fingerprint density at radius 1 is 1.35 bits per heavy atom. The number of rotatable bonds is 4. The van der Waals surface area contributed by atoms with E-state index in [-0.39, 0.29) is 30.9 Å². The van der Waals surface area contributed by atoms with Gasteiger partial charge in [0.25, 0.3) is 5.91 Å². The van der Waals surface area contributed by atoms with Gasteiger partial charge in [0, 0.05) is 19.7 Å². The van der Waals surface area contributed by atoms with Crippen LogP contribution in [0.15, 0.2) is 0 Å². The predicted molar refractivity (Wildman–Crippen MR) is 71.2 cm³/mol. The summed E-state index contributed by atoms with van der Waals surface area (Å²) in [7, 11) is 1.52. The van der Waals surface area contributed by atoms with Gasteiger partial charge in [-0.3, -0.25) is 4.79 Å². The first-order valence-corrected chi connectivity index (χ1v) is 6.10. The summed E-state index contributed by atoms with van der Waals surface area (Å²) in [6, 6.07) is 0.287. The fourth-order valence-electron chi connectivity index (χ4n) is 2.67. The number of carbonyl (C=O) groups is 1. The highest BCUT2D eigenvalue weighted by atomic mass is 35.5. The maximum Gasteiger partial charge on any atom is 0.250 e. The van der Waals surface area contributed by atoms with Gasteiger partial charge in [0.1, 0.15) is 6.10 Å². The molecule has 1 aliphatic rings. The third-order valence-corrected chi connectivity index (χ3v) is 3.32. The topological polar surface area (TPSA) is 64.3 Å². The van der Waals surface area contributed by atoms with E-state index in [0.717, 1.165) is 12.8 Å². The van der Waals surface area contributed by atoms with Crippen molar-refractivity contribution < 1.29 is 9.53 Å². The molecule has 0 saturated heterocycles. The molecule has 1 amide bonds. The Hall–Kier alpha value is -0.320. The maximum absolute atomic E-state index is 11.8. The molecule has 0 bridgehead atoms. The largest absolute Gasteiger partial charge is 0.370 e. The van der Waals surface area contributed by atoms with Crippen molar-refractivity contribution in [1.29, 1.82) is 0 Å². The highest BCUT2D eigenvalue weighted by Crippen LogP contribution is 2.28. The number of hydrogen-bond acceptors (Lipinski definition) is 3. The Balaban J connectivity index is 0.00000256. The van der Waals surface area contributed by atoms with Crippen LogP contribution in [0.3, 0.4) is 0 Å². The number of nitrogens with two attached hydrogens (primary N) is 1. The summed E-state index contributed by atoms with van der Waals surface area (Å²) in [5.41, 5.74) is 5.46. The predicted octanol–water partition coefficient (Wildman–Crippen LogP) is 1.32. The molecule has 3 atom stereocenters. The number of methoxy groups -OCH3 is 1. The number of nitrogens with one attached hydrogen (secondary N) is 1. The number of amides is 1. The van der Waals surface area contributed by atoms with E-state index in [1.807, 2.05) is 0 Å². The van der Waals surface area contributed by atoms with Crippen molar-refractivity contribution >= 4 is 18.3 Å². The molecule has 0 aromatic heterocycles. The summed E-state index contributed by atoms with van der Waals surface area (Å²) in [5.74, 6) is 1.30. The van der Waals surface area contributed by atoms with Crippen LogP contribution >= 0.6 is 12.4 Å². The molecule has 1 rings (SSSR count). The van der Waals surface area contributed by atoms with Crippen molar-refractivity contribution in [3.63, 3.8) is 0 Å². The standard InChI is InChI=1S/C12H24N2O2.ClH/c1-8-4-9(2)6-10(5-8)14-12(15)11(7-13)16-3;/h8-11H,4-7,13H2,1-3H3,(H,14,15);1H. The van der Waals surface area contributed by atoms with Crippen LogP contribution in [-0.4, -0.2) is 31.7 Å². The Morgan fingerprint density at radius 2 is 1.88 bits per heavy atom. The molecule has 5 heteroatoms. The van der Waals surface area contributed by atoms with Crippen molar-refractivity contribution in [2.75, 3.05) is 13.7 Å². The van der Waals surface area contributed by atoms with Crippen molar-refractivity contribution in [2.45, 2.75) is 45.3 Å². The highest BCUT2D eigenvalue weighted by molar-refractivity contribution is 5.85. The van der Waals surface area contributed by atoms with Gasteiger partial charge in [-0.2, -0.15) is 0 Å². The van der Waals surface area contributed by atoms with E-state index >= 15 is 0 Å². The molecule has 0 aromatic carbocycles. The summed E-state index contributed by atoms with van der Waals surface area (Å²) < 4.78 is 5.02. The minimum Gasteiger partial charge on any atom is -0.370 e. The number of halogens is 1. The van der Waals surface area contributed by atoms with E-state index in [1.165, 1.54) is 13.5 Å². The first-order chi connectivity index (χ1) is 7.56. The van der Waals surface area contributed by atoms with Crippen LogP contribution in [0.1, 0.15) is 33.1 Å². The van der Waals surface area contributed by atoms with Crippen LogP contribution in [0.4, 0.5) is 0 Å². The second-order valence-corrected chi connectivity index (χ2v) is 5.08. The summed E-state index contributed by atoms with van der Waals surface area (Å²) in [5, 5.41) is 3.04. The Morgan fingerprint density at radius 3 is 2.29 bits per heavy atom. The normalized spacial score (nSPS) is 30.2. The molecule has 4 nitrogen and oxygen atoms in total. The van der Waals surface area contributed by atoms with Crippen LogP contribution in [0, 0.1) is 11.8 Å². The molecule has 17 heavy (non-hydrogen) atoms. The molecule has 1 fully saturated rings. The third kappa shape index (κ3) is 5.23. The molecule has 1 saturated carbocycles. The van der Waals surface area contributed by atoms with E-state index in [0.29, 0.717) is 11.8 Å². The van der Waals surface area contributed by atoms with Gasteiger partial charge in [-0.25, -0.2) is 0 Å². The van der Waals surface area contributed by atoms with Crippen molar-refractivity contribution in [2.24, 2.45) is 17.6 Å². The Labute approximate surface area is 110 Å². The zero-order valence-electron chi connectivity index (χ0n) is 10.9. The van der Waals surface area contributed by atoms with Crippen molar-refractivity contribution in [3.8, 4) is 0 Å². The fourth-order valence-corrected chi connectivity index (χ4v) is 2.67. The van der Waals surface area contributed by atoms with Gasteiger partial charge in [0.2, 0.25) is 0 Å². The molecule has 0 spiro atoms. The molecule has 0 aromatic rings. The lowest BCUT2D eigenvalue weighted by Gasteiger charge is -2.32. The van der Waals surface area contributed by atoms with Crippen LogP contribution in [-0.2, 0) is 9.53 Å². The van der Waals surface area contributed by atoms with Gasteiger partial charge in [0.05, 0.1) is 0 Å². The second kappa shape index (κ2) is 7.90. The van der Waals surface area contributed by atoms with Gasteiger partial charge in [-0.15, -0.1) is 12.4 Å². The molecule has 0 heterocycles. The molecule has 3 N–H and O–H groups in total. The quantitative estimate of drug-likeness (QED) is 0.805. The SMILES string of the molecule is COC(CN)C(=O)NC1CC(C)CC(C)C1.Cl. The molecule has 1 aliphatic carbocycles. The van der Waals surface area contributed by atoms with Crippen molar-refractivity contribution in [1.82, 2.24) is 5.32 Å². The molecular weight excluding hydrogens is 240 g/mol. The van der Waals surface area contributed by atoms with E-state index in [2.05, 4.69) is 19.2 Å². The lowest BCUT2D eigenvalue weighted by Crippen LogP contribution is -2.47. The minimum atomic E-state index is -0.507. The number of hydrogen-bond donors (Lipinski definition) is 2. The fraction of sp³-hybridized carbons (Fsp3) is 0.917. The first kappa shape index (κ1) is 16.7. The summed E-state index contributed by atoms with van der Waals surface area (Å²) >= 11 is 0. The summed E-state index contributed by atoms with van der Waals surface area (Å²) in [6.45, 7) is 4.72. The van der Waals surface area contributed by atoms with Crippen LogP contribution in [0.25, 0.3) is 0 Å². The molecule has 0 aliphatic heterocycles. The maximum atomic E-state index is 11.8. The minimum absolute atomic E-state index is 0. The average molecular weight is 265 g/mol. The smallest absolute Gasteiger partial charge is 0.250 e. The highest BCUT2D eigenvalue weighted by Gasteiger charge is 2.27. The van der Waals surface area contributed by atoms with Gasteiger partial charge >= 0.3 is 0 Å². The lowest BCUT2D eigenvalue weighted by molar-refractivity contribution is -0.131. The van der Waals surface area contributed by atoms with Crippen LogP contribution in [0.5, 0.6) is 0 Å². The molecule has 3 unspecified atom stereocenters. The van der Waals surface area contributed by atoms with Gasteiger partial charge in [-0.05, 0) is 31.1 Å². The molecular formula is C12H25ClN2O2. The molecule has 102 valence electrons. The lowest BCUT2D eigenvalue weighted by atomic mass is 9.80. The van der Waals surface area contributed by atoms with Crippen molar-refractivity contribution in [3.05, 3.63) is 0 Å². The van der Waals surface area contributed by atoms with E-state index in [9.17, 15) is 4.79 Å². The Bertz CT molecular complexity index is 225. The zero-order chi connectivity index (χ0) is 12.1. The van der Waals surface area contributed by atoms with E-state index in [4.69, 9.17) is 10.5 Å².